The molecule has 0 spiro atoms. The van der Waals surface area contributed by atoms with Gasteiger partial charge >= 0.3 is 0 Å². The van der Waals surface area contributed by atoms with Crippen molar-refractivity contribution in [1.29, 1.82) is 0 Å². The number of morpholine rings is 1. The highest BCUT2D eigenvalue weighted by molar-refractivity contribution is 14.0. The number of aliphatic imine (C=N–C) groups is 1. The number of halogens is 1. The number of ether oxygens (including phenoxy) is 1. The molecule has 25 heavy (non-hydrogen) atoms. The molecule has 1 aliphatic rings. The number of hydrogen-bond acceptors (Lipinski definition) is 5. The standard InChI is InChI=1S/C16H27N5O2S.HI/c17-16(20-7-3-8-21-9-11-23-12-10-21)19-6-2-5-18-15(22)14-4-1-13-24-14;/h1,4,13H,2-3,5-12H2,(H,18,22)(H3,17,19,20);1H. The zero-order valence-electron chi connectivity index (χ0n) is 14.4. The van der Waals surface area contributed by atoms with E-state index >= 15 is 0 Å². The van der Waals surface area contributed by atoms with Crippen LogP contribution in [-0.2, 0) is 4.74 Å². The van der Waals surface area contributed by atoms with Gasteiger partial charge in [-0.15, -0.1) is 35.3 Å². The van der Waals surface area contributed by atoms with Gasteiger partial charge in [0.25, 0.3) is 5.91 Å². The van der Waals surface area contributed by atoms with Crippen LogP contribution in [0.5, 0.6) is 0 Å². The highest BCUT2D eigenvalue weighted by atomic mass is 127. The fourth-order valence-electron chi connectivity index (χ4n) is 2.38. The third-order valence-electron chi connectivity index (χ3n) is 3.71. The van der Waals surface area contributed by atoms with Gasteiger partial charge in [0.15, 0.2) is 5.96 Å². The van der Waals surface area contributed by atoms with Gasteiger partial charge in [0.05, 0.1) is 18.1 Å². The van der Waals surface area contributed by atoms with Crippen molar-refractivity contribution in [3.63, 3.8) is 0 Å². The first-order valence-electron chi connectivity index (χ1n) is 8.41. The van der Waals surface area contributed by atoms with Gasteiger partial charge < -0.3 is 21.1 Å². The van der Waals surface area contributed by atoms with Gasteiger partial charge in [-0.1, -0.05) is 6.07 Å². The fraction of sp³-hybridized carbons (Fsp3) is 0.625. The summed E-state index contributed by atoms with van der Waals surface area (Å²) < 4.78 is 5.32. The minimum absolute atomic E-state index is 0. The molecular weight excluding hydrogens is 453 g/mol. The molecule has 1 aromatic heterocycles. The highest BCUT2D eigenvalue weighted by Gasteiger charge is 2.09. The van der Waals surface area contributed by atoms with E-state index in [0.717, 1.165) is 57.1 Å². The average molecular weight is 481 g/mol. The first-order chi connectivity index (χ1) is 11.8. The molecule has 1 fully saturated rings. The zero-order chi connectivity index (χ0) is 17.0. The summed E-state index contributed by atoms with van der Waals surface area (Å²) in [5, 5.41) is 7.89. The molecule has 1 aliphatic heterocycles. The van der Waals surface area contributed by atoms with Crippen LogP contribution in [-0.4, -0.2) is 69.2 Å². The van der Waals surface area contributed by atoms with E-state index in [1.54, 1.807) is 0 Å². The SMILES string of the molecule is I.NC(=NCCCNC(=O)c1cccs1)NCCCN1CCOCC1. The summed E-state index contributed by atoms with van der Waals surface area (Å²) in [4.78, 5) is 19.1. The van der Waals surface area contributed by atoms with Crippen LogP contribution in [0, 0.1) is 0 Å². The lowest BCUT2D eigenvalue weighted by Gasteiger charge is -2.26. The summed E-state index contributed by atoms with van der Waals surface area (Å²) in [6.45, 7) is 6.78. The first-order valence-corrected chi connectivity index (χ1v) is 9.29. The van der Waals surface area contributed by atoms with Crippen molar-refractivity contribution in [1.82, 2.24) is 15.5 Å². The van der Waals surface area contributed by atoms with Crippen LogP contribution in [0.3, 0.4) is 0 Å². The molecule has 0 radical (unpaired) electrons. The number of nitrogens with one attached hydrogen (secondary N) is 2. The zero-order valence-corrected chi connectivity index (χ0v) is 17.6. The van der Waals surface area contributed by atoms with E-state index < -0.39 is 0 Å². The molecule has 9 heteroatoms. The summed E-state index contributed by atoms with van der Waals surface area (Å²) in [7, 11) is 0. The van der Waals surface area contributed by atoms with Gasteiger partial charge in [0, 0.05) is 32.7 Å². The summed E-state index contributed by atoms with van der Waals surface area (Å²) >= 11 is 1.44. The number of amides is 1. The molecule has 0 atom stereocenters. The van der Waals surface area contributed by atoms with Crippen molar-refractivity contribution in [2.24, 2.45) is 10.7 Å². The Morgan fingerprint density at radius 1 is 1.28 bits per heavy atom. The third kappa shape index (κ3) is 9.38. The molecule has 1 aromatic rings. The smallest absolute Gasteiger partial charge is 0.261 e. The van der Waals surface area contributed by atoms with Crippen molar-refractivity contribution < 1.29 is 9.53 Å². The van der Waals surface area contributed by atoms with Gasteiger partial charge in [0.1, 0.15) is 0 Å². The molecule has 7 nitrogen and oxygen atoms in total. The lowest BCUT2D eigenvalue weighted by atomic mass is 10.3. The van der Waals surface area contributed by atoms with Crippen molar-refractivity contribution in [3.8, 4) is 0 Å². The van der Waals surface area contributed by atoms with Crippen molar-refractivity contribution >= 4 is 47.2 Å². The van der Waals surface area contributed by atoms with Crippen molar-refractivity contribution in [2.45, 2.75) is 12.8 Å². The monoisotopic (exact) mass is 481 g/mol. The molecule has 4 N–H and O–H groups in total. The first kappa shape index (κ1) is 22.1. The van der Waals surface area contributed by atoms with Crippen LogP contribution in [0.15, 0.2) is 22.5 Å². The quantitative estimate of drug-likeness (QED) is 0.213. The second-order valence-electron chi connectivity index (χ2n) is 5.59. The Morgan fingerprint density at radius 3 is 2.76 bits per heavy atom. The molecule has 142 valence electrons. The predicted octanol–water partition coefficient (Wildman–Crippen LogP) is 1.11. The number of carbonyl (C=O) groups is 1. The average Bonchev–Trinajstić information content (AvgIpc) is 3.14. The minimum Gasteiger partial charge on any atom is -0.379 e. The van der Waals surface area contributed by atoms with Gasteiger partial charge in [-0.2, -0.15) is 0 Å². The fourth-order valence-corrected chi connectivity index (χ4v) is 3.02. The Balaban J connectivity index is 0.00000312. The Morgan fingerprint density at radius 2 is 2.04 bits per heavy atom. The topological polar surface area (TPSA) is 92.0 Å². The van der Waals surface area contributed by atoms with Crippen LogP contribution < -0.4 is 16.4 Å². The summed E-state index contributed by atoms with van der Waals surface area (Å²) in [5.41, 5.74) is 5.83. The lowest BCUT2D eigenvalue weighted by Crippen LogP contribution is -2.39. The normalized spacial score (nSPS) is 15.4. The number of hydrogen-bond donors (Lipinski definition) is 3. The summed E-state index contributed by atoms with van der Waals surface area (Å²) in [5.74, 6) is 0.449. The van der Waals surface area contributed by atoms with E-state index in [2.05, 4.69) is 20.5 Å². The molecule has 0 aliphatic carbocycles. The van der Waals surface area contributed by atoms with Gasteiger partial charge in [-0.05, 0) is 30.8 Å². The van der Waals surface area contributed by atoms with Gasteiger partial charge in [-0.3, -0.25) is 14.7 Å². The Bertz CT molecular complexity index is 507. The molecule has 1 amide bonds. The predicted molar refractivity (Wildman–Crippen MR) is 113 cm³/mol. The highest BCUT2D eigenvalue weighted by Crippen LogP contribution is 2.07. The molecule has 2 heterocycles. The van der Waals surface area contributed by atoms with E-state index in [0.29, 0.717) is 19.0 Å². The van der Waals surface area contributed by atoms with Crippen LogP contribution >= 0.6 is 35.3 Å². The molecular formula is C16H28IN5O2S. The van der Waals surface area contributed by atoms with E-state index in [1.807, 2.05) is 17.5 Å². The van der Waals surface area contributed by atoms with E-state index in [1.165, 1.54) is 11.3 Å². The minimum atomic E-state index is -0.0248. The van der Waals surface area contributed by atoms with Crippen molar-refractivity contribution in [2.75, 3.05) is 52.5 Å². The number of nitrogens with two attached hydrogens (primary N) is 1. The number of nitrogens with zero attached hydrogens (tertiary/aromatic N) is 2. The number of thiophene rings is 1. The lowest BCUT2D eigenvalue weighted by molar-refractivity contribution is 0.0376. The second kappa shape index (κ2) is 13.3. The van der Waals surface area contributed by atoms with Crippen LogP contribution in [0.25, 0.3) is 0 Å². The molecule has 0 saturated carbocycles. The Hall–Kier alpha value is -0.910. The van der Waals surface area contributed by atoms with E-state index in [-0.39, 0.29) is 29.9 Å². The Kier molecular flexibility index (Phi) is 11.8. The van der Waals surface area contributed by atoms with Crippen LogP contribution in [0.4, 0.5) is 0 Å². The third-order valence-corrected chi connectivity index (χ3v) is 4.58. The Labute approximate surface area is 170 Å². The molecule has 1 saturated heterocycles. The van der Waals surface area contributed by atoms with Crippen molar-refractivity contribution in [3.05, 3.63) is 22.4 Å². The number of carbonyl (C=O) groups excluding carboxylic acids is 1. The molecule has 2 rings (SSSR count). The largest absolute Gasteiger partial charge is 0.379 e. The summed E-state index contributed by atoms with van der Waals surface area (Å²) in [6.07, 6.45) is 1.81. The maximum Gasteiger partial charge on any atom is 0.261 e. The van der Waals surface area contributed by atoms with E-state index in [9.17, 15) is 4.79 Å². The maximum absolute atomic E-state index is 11.7. The number of guanidine groups is 1. The summed E-state index contributed by atoms with van der Waals surface area (Å²) in [6, 6.07) is 3.69. The second-order valence-corrected chi connectivity index (χ2v) is 6.54. The van der Waals surface area contributed by atoms with Crippen LogP contribution in [0.1, 0.15) is 22.5 Å². The van der Waals surface area contributed by atoms with Gasteiger partial charge in [-0.25, -0.2) is 0 Å². The van der Waals surface area contributed by atoms with Crippen LogP contribution in [0.2, 0.25) is 0 Å². The molecule has 0 unspecified atom stereocenters. The van der Waals surface area contributed by atoms with Gasteiger partial charge in [0.2, 0.25) is 0 Å². The van der Waals surface area contributed by atoms with E-state index in [4.69, 9.17) is 10.5 Å². The maximum atomic E-state index is 11.7. The molecule has 0 bridgehead atoms. The molecule has 0 aromatic carbocycles. The number of rotatable bonds is 9.